The van der Waals surface area contributed by atoms with Crippen molar-refractivity contribution >= 4 is 16.8 Å². The fourth-order valence-electron chi connectivity index (χ4n) is 3.57. The van der Waals surface area contributed by atoms with Crippen LogP contribution in [0, 0.1) is 0 Å². The van der Waals surface area contributed by atoms with Crippen LogP contribution in [0.25, 0.3) is 10.9 Å². The summed E-state index contributed by atoms with van der Waals surface area (Å²) in [7, 11) is 0. The molecule has 0 radical (unpaired) electrons. The normalized spacial score (nSPS) is 18.9. The number of pyridine rings is 1. The van der Waals surface area contributed by atoms with E-state index in [1.165, 1.54) is 0 Å². The Labute approximate surface area is 141 Å². The van der Waals surface area contributed by atoms with Gasteiger partial charge in [-0.25, -0.2) is 0 Å². The molecule has 2 heterocycles. The van der Waals surface area contributed by atoms with Crippen LogP contribution in [-0.2, 0) is 11.2 Å². The van der Waals surface area contributed by atoms with Gasteiger partial charge in [-0.1, -0.05) is 18.2 Å². The summed E-state index contributed by atoms with van der Waals surface area (Å²) in [6.45, 7) is 2.51. The maximum Gasteiger partial charge on any atom is 0.251 e. The topological polar surface area (TPSA) is 73.4 Å². The first kappa shape index (κ1) is 16.7. The number of carbonyl (C=O) groups is 1. The molecule has 2 unspecified atom stereocenters. The molecule has 1 saturated heterocycles. The highest BCUT2D eigenvalue weighted by Gasteiger charge is 2.29. The third kappa shape index (κ3) is 3.67. The molecule has 2 atom stereocenters. The fraction of sp³-hybridized carbons (Fsp3) is 0.474. The number of nitrogens with one attached hydrogen (secondary N) is 1. The van der Waals surface area contributed by atoms with E-state index in [1.807, 2.05) is 35.2 Å². The minimum Gasteiger partial charge on any atom is -0.393 e. The zero-order valence-electron chi connectivity index (χ0n) is 14.0. The lowest BCUT2D eigenvalue weighted by atomic mass is 10.1. The second kappa shape index (κ2) is 7.18. The molecule has 1 aliphatic heterocycles. The molecule has 2 aromatic rings. The van der Waals surface area contributed by atoms with Crippen LogP contribution < -0.4 is 5.56 Å². The van der Waals surface area contributed by atoms with Crippen molar-refractivity contribution in [3.63, 3.8) is 0 Å². The highest BCUT2D eigenvalue weighted by atomic mass is 16.3. The van der Waals surface area contributed by atoms with Crippen molar-refractivity contribution in [2.75, 3.05) is 6.54 Å². The standard InChI is InChI=1S/C19H24N2O3/c1-13(22)11-16-6-4-10-21(16)18(23)9-8-15-12-14-5-2-3-7-17(14)20-19(15)24/h2-3,5,7,12-13,16,22H,4,6,8-11H2,1H3,(H,20,24). The fourth-order valence-corrected chi connectivity index (χ4v) is 3.57. The Bertz CT molecular complexity index is 782. The lowest BCUT2D eigenvalue weighted by molar-refractivity contribution is -0.132. The quantitative estimate of drug-likeness (QED) is 0.884. The molecular weight excluding hydrogens is 304 g/mol. The van der Waals surface area contributed by atoms with Crippen LogP contribution in [0.3, 0.4) is 0 Å². The number of aliphatic hydroxyl groups excluding tert-OH is 1. The average Bonchev–Trinajstić information content (AvgIpc) is 3.00. The number of hydrogen-bond donors (Lipinski definition) is 2. The van der Waals surface area contributed by atoms with E-state index >= 15 is 0 Å². The van der Waals surface area contributed by atoms with Gasteiger partial charge in [0.15, 0.2) is 0 Å². The van der Waals surface area contributed by atoms with Crippen molar-refractivity contribution in [2.45, 2.75) is 51.2 Å². The van der Waals surface area contributed by atoms with Gasteiger partial charge in [0.1, 0.15) is 0 Å². The third-order valence-electron chi connectivity index (χ3n) is 4.75. The van der Waals surface area contributed by atoms with Gasteiger partial charge in [-0.15, -0.1) is 0 Å². The number of aromatic nitrogens is 1. The first-order chi connectivity index (χ1) is 11.5. The zero-order chi connectivity index (χ0) is 17.1. The molecule has 1 aromatic carbocycles. The Morgan fingerprint density at radius 1 is 1.42 bits per heavy atom. The maximum absolute atomic E-state index is 12.5. The molecule has 0 bridgehead atoms. The predicted molar refractivity (Wildman–Crippen MR) is 93.9 cm³/mol. The van der Waals surface area contributed by atoms with Gasteiger partial charge in [-0.2, -0.15) is 0 Å². The van der Waals surface area contributed by atoms with Gasteiger partial charge in [-0.05, 0) is 50.1 Å². The van der Waals surface area contributed by atoms with Crippen LogP contribution in [0.5, 0.6) is 0 Å². The Morgan fingerprint density at radius 2 is 2.21 bits per heavy atom. The van der Waals surface area contributed by atoms with Crippen LogP contribution >= 0.6 is 0 Å². The van der Waals surface area contributed by atoms with Gasteiger partial charge in [0.05, 0.1) is 6.10 Å². The number of para-hydroxylation sites is 1. The van der Waals surface area contributed by atoms with E-state index in [-0.39, 0.29) is 17.5 Å². The van der Waals surface area contributed by atoms with Crippen LogP contribution in [0.2, 0.25) is 0 Å². The van der Waals surface area contributed by atoms with Crippen LogP contribution in [0.1, 0.15) is 38.2 Å². The van der Waals surface area contributed by atoms with E-state index in [4.69, 9.17) is 0 Å². The average molecular weight is 328 g/mol. The van der Waals surface area contributed by atoms with Crippen molar-refractivity contribution in [1.82, 2.24) is 9.88 Å². The van der Waals surface area contributed by atoms with Gasteiger partial charge in [0, 0.05) is 30.1 Å². The first-order valence-corrected chi connectivity index (χ1v) is 8.63. The number of benzene rings is 1. The summed E-state index contributed by atoms with van der Waals surface area (Å²) >= 11 is 0. The van der Waals surface area contributed by atoms with Crippen molar-refractivity contribution in [2.24, 2.45) is 0 Å². The number of likely N-dealkylation sites (tertiary alicyclic amines) is 1. The molecule has 1 fully saturated rings. The summed E-state index contributed by atoms with van der Waals surface area (Å²) in [6.07, 6.45) is 2.94. The lowest BCUT2D eigenvalue weighted by Crippen LogP contribution is -2.37. The highest BCUT2D eigenvalue weighted by molar-refractivity contribution is 5.79. The van der Waals surface area contributed by atoms with E-state index in [2.05, 4.69) is 4.98 Å². The number of aryl methyl sites for hydroxylation is 1. The largest absolute Gasteiger partial charge is 0.393 e. The monoisotopic (exact) mass is 328 g/mol. The summed E-state index contributed by atoms with van der Waals surface area (Å²) in [5.41, 5.74) is 1.34. The molecule has 24 heavy (non-hydrogen) atoms. The molecular formula is C19H24N2O3. The number of carbonyl (C=O) groups excluding carboxylic acids is 1. The highest BCUT2D eigenvalue weighted by Crippen LogP contribution is 2.22. The number of rotatable bonds is 5. The van der Waals surface area contributed by atoms with Gasteiger partial charge in [-0.3, -0.25) is 9.59 Å². The number of amides is 1. The minimum atomic E-state index is -0.397. The molecule has 5 nitrogen and oxygen atoms in total. The van der Waals surface area contributed by atoms with Crippen molar-refractivity contribution < 1.29 is 9.90 Å². The summed E-state index contributed by atoms with van der Waals surface area (Å²) < 4.78 is 0. The molecule has 0 saturated carbocycles. The van der Waals surface area contributed by atoms with Crippen LogP contribution in [0.4, 0.5) is 0 Å². The molecule has 128 valence electrons. The Kier molecular flexibility index (Phi) is 5.00. The van der Waals surface area contributed by atoms with Crippen LogP contribution in [-0.4, -0.2) is 39.6 Å². The number of nitrogens with zero attached hydrogens (tertiary/aromatic N) is 1. The SMILES string of the molecule is CC(O)CC1CCCN1C(=O)CCc1cc2ccccc2[nH]c1=O. The maximum atomic E-state index is 12.5. The molecule has 0 spiro atoms. The van der Waals surface area contributed by atoms with Gasteiger partial charge < -0.3 is 15.0 Å². The molecule has 2 N–H and O–H groups in total. The molecule has 5 heteroatoms. The third-order valence-corrected chi connectivity index (χ3v) is 4.75. The van der Waals surface area contributed by atoms with Gasteiger partial charge in [0.2, 0.25) is 5.91 Å². The number of fused-ring (bicyclic) bond motifs is 1. The lowest BCUT2D eigenvalue weighted by Gasteiger charge is -2.25. The van der Waals surface area contributed by atoms with Crippen molar-refractivity contribution in [3.8, 4) is 0 Å². The summed E-state index contributed by atoms with van der Waals surface area (Å²) in [4.78, 5) is 29.4. The number of H-pyrrole nitrogens is 1. The van der Waals surface area contributed by atoms with Crippen LogP contribution in [0.15, 0.2) is 35.1 Å². The van der Waals surface area contributed by atoms with E-state index < -0.39 is 6.10 Å². The van der Waals surface area contributed by atoms with E-state index in [0.29, 0.717) is 24.8 Å². The molecule has 0 aliphatic carbocycles. The molecule has 1 aromatic heterocycles. The smallest absolute Gasteiger partial charge is 0.251 e. The summed E-state index contributed by atoms with van der Waals surface area (Å²) in [6, 6.07) is 9.65. The van der Waals surface area contributed by atoms with Gasteiger partial charge in [0.25, 0.3) is 5.56 Å². The molecule has 3 rings (SSSR count). The van der Waals surface area contributed by atoms with Crippen molar-refractivity contribution in [3.05, 3.63) is 46.2 Å². The Hall–Kier alpha value is -2.14. The summed E-state index contributed by atoms with van der Waals surface area (Å²) in [5.74, 6) is 0.0747. The predicted octanol–water partition coefficient (Wildman–Crippen LogP) is 2.22. The Balaban J connectivity index is 1.68. The number of hydrogen-bond acceptors (Lipinski definition) is 3. The van der Waals surface area contributed by atoms with E-state index in [0.717, 1.165) is 30.3 Å². The van der Waals surface area contributed by atoms with Gasteiger partial charge >= 0.3 is 0 Å². The first-order valence-electron chi connectivity index (χ1n) is 8.63. The van der Waals surface area contributed by atoms with E-state index in [9.17, 15) is 14.7 Å². The molecule has 1 amide bonds. The summed E-state index contributed by atoms with van der Waals surface area (Å²) in [5, 5.41) is 10.6. The zero-order valence-corrected chi connectivity index (χ0v) is 14.0. The minimum absolute atomic E-state index is 0.0747. The van der Waals surface area contributed by atoms with Crippen molar-refractivity contribution in [1.29, 1.82) is 0 Å². The number of aliphatic hydroxyl groups is 1. The molecule has 1 aliphatic rings. The second-order valence-corrected chi connectivity index (χ2v) is 6.68. The van der Waals surface area contributed by atoms with E-state index in [1.54, 1.807) is 6.92 Å². The number of aromatic amines is 1. The Morgan fingerprint density at radius 3 is 3.00 bits per heavy atom. The second-order valence-electron chi connectivity index (χ2n) is 6.68.